The van der Waals surface area contributed by atoms with Gasteiger partial charge < -0.3 is 9.52 Å². The Bertz CT molecular complexity index is 541. The van der Waals surface area contributed by atoms with Gasteiger partial charge in [0.2, 0.25) is 0 Å². The molecule has 0 fully saturated rings. The molecule has 1 atom stereocenters. The number of halogens is 2. The zero-order valence-corrected chi connectivity index (χ0v) is 13.4. The van der Waals surface area contributed by atoms with Crippen LogP contribution in [0.15, 0.2) is 37.8 Å². The molecule has 0 aliphatic carbocycles. The molecule has 2 rings (SSSR count). The third-order valence-electron chi connectivity index (χ3n) is 2.99. The van der Waals surface area contributed by atoms with E-state index in [-0.39, 0.29) is 0 Å². The maximum atomic E-state index is 10.1. The van der Waals surface area contributed by atoms with Crippen LogP contribution >= 0.6 is 31.9 Å². The van der Waals surface area contributed by atoms with Crippen LogP contribution in [0.2, 0.25) is 0 Å². The van der Waals surface area contributed by atoms with E-state index in [2.05, 4.69) is 57.8 Å². The molecule has 0 amide bonds. The molecule has 1 aromatic heterocycles. The highest BCUT2D eigenvalue weighted by Gasteiger charge is 2.15. The molecule has 0 radical (unpaired) electrons. The Morgan fingerprint density at radius 2 is 1.89 bits per heavy atom. The van der Waals surface area contributed by atoms with Gasteiger partial charge in [-0.15, -0.1) is 0 Å². The molecule has 4 heteroatoms. The van der Waals surface area contributed by atoms with Crippen molar-refractivity contribution >= 4 is 31.9 Å². The van der Waals surface area contributed by atoms with E-state index in [0.717, 1.165) is 10.0 Å². The molecule has 1 aromatic carbocycles. The lowest BCUT2D eigenvalue weighted by molar-refractivity contribution is 0.149. The molecule has 1 unspecified atom stereocenters. The molecule has 0 aliphatic heterocycles. The van der Waals surface area contributed by atoms with Crippen molar-refractivity contribution in [1.82, 2.24) is 0 Å². The minimum absolute atomic E-state index is 0.549. The van der Waals surface area contributed by atoms with Gasteiger partial charge in [-0.1, -0.05) is 18.2 Å². The number of hydrogen-bond acceptors (Lipinski definition) is 2. The van der Waals surface area contributed by atoms with Gasteiger partial charge >= 0.3 is 0 Å². The van der Waals surface area contributed by atoms with E-state index in [9.17, 15) is 5.11 Å². The van der Waals surface area contributed by atoms with Gasteiger partial charge in [-0.05, 0) is 68.5 Å². The molecule has 1 heterocycles. The van der Waals surface area contributed by atoms with Gasteiger partial charge in [-0.3, -0.25) is 0 Å². The molecule has 0 spiro atoms. The summed E-state index contributed by atoms with van der Waals surface area (Å²) in [6.45, 7) is 4.15. The lowest BCUT2D eigenvalue weighted by atomic mass is 10.0. The molecule has 2 nitrogen and oxygen atoms in total. The minimum atomic E-state index is -0.630. The van der Waals surface area contributed by atoms with Gasteiger partial charge in [0.05, 0.1) is 4.47 Å². The first-order valence-electron chi connectivity index (χ1n) is 5.66. The quantitative estimate of drug-likeness (QED) is 0.845. The topological polar surface area (TPSA) is 33.4 Å². The zero-order valence-electron chi connectivity index (χ0n) is 10.2. The predicted molar refractivity (Wildman–Crippen MR) is 78.7 cm³/mol. The second kappa shape index (κ2) is 5.59. The Kier molecular flexibility index (Phi) is 4.30. The smallest absolute Gasteiger partial charge is 0.183 e. The fraction of sp³-hybridized carbons (Fsp3) is 0.286. The van der Waals surface area contributed by atoms with E-state index >= 15 is 0 Å². The average Bonchev–Trinajstić information content (AvgIpc) is 2.65. The molecule has 0 bridgehead atoms. The van der Waals surface area contributed by atoms with Crippen molar-refractivity contribution in [2.45, 2.75) is 26.4 Å². The first-order valence-corrected chi connectivity index (χ1v) is 7.25. The number of aliphatic hydroxyl groups is 1. The van der Waals surface area contributed by atoms with E-state index in [1.807, 2.05) is 6.07 Å². The minimum Gasteiger partial charge on any atom is -0.450 e. The first-order chi connectivity index (χ1) is 8.47. The lowest BCUT2D eigenvalue weighted by Gasteiger charge is -2.09. The molecule has 0 saturated heterocycles. The van der Waals surface area contributed by atoms with Crippen LogP contribution in [0.3, 0.4) is 0 Å². The highest BCUT2D eigenvalue weighted by Crippen LogP contribution is 2.31. The highest BCUT2D eigenvalue weighted by molar-refractivity contribution is 9.13. The summed E-state index contributed by atoms with van der Waals surface area (Å²) < 4.78 is 6.85. The standard InChI is InChI=1S/C14H14Br2O2/c1-8-3-4-10(5-9(8)2)6-12(17)13-7-11(15)14(16)18-13/h3-5,7,12,17H,6H2,1-2H3. The Morgan fingerprint density at radius 1 is 1.17 bits per heavy atom. The Morgan fingerprint density at radius 3 is 2.44 bits per heavy atom. The van der Waals surface area contributed by atoms with E-state index in [4.69, 9.17) is 4.42 Å². The summed E-state index contributed by atoms with van der Waals surface area (Å²) >= 11 is 6.61. The average molecular weight is 374 g/mol. The summed E-state index contributed by atoms with van der Waals surface area (Å²) in [5.74, 6) is 0.562. The number of rotatable bonds is 3. The van der Waals surface area contributed by atoms with Gasteiger partial charge in [0.1, 0.15) is 11.9 Å². The van der Waals surface area contributed by atoms with E-state index < -0.39 is 6.10 Å². The van der Waals surface area contributed by atoms with Crippen LogP contribution in [-0.4, -0.2) is 5.11 Å². The van der Waals surface area contributed by atoms with Crippen molar-refractivity contribution in [2.24, 2.45) is 0 Å². The normalized spacial score (nSPS) is 12.7. The number of hydrogen-bond donors (Lipinski definition) is 1. The monoisotopic (exact) mass is 372 g/mol. The highest BCUT2D eigenvalue weighted by atomic mass is 79.9. The second-order valence-corrected chi connectivity index (χ2v) is 5.98. The summed E-state index contributed by atoms with van der Waals surface area (Å²) in [5.41, 5.74) is 3.60. The van der Waals surface area contributed by atoms with Gasteiger partial charge in [-0.2, -0.15) is 0 Å². The van der Waals surface area contributed by atoms with Crippen molar-refractivity contribution in [1.29, 1.82) is 0 Å². The SMILES string of the molecule is Cc1ccc(CC(O)c2cc(Br)c(Br)o2)cc1C. The Hall–Kier alpha value is -0.580. The lowest BCUT2D eigenvalue weighted by Crippen LogP contribution is -2.01. The van der Waals surface area contributed by atoms with Gasteiger partial charge in [0, 0.05) is 6.42 Å². The fourth-order valence-electron chi connectivity index (χ4n) is 1.78. The summed E-state index contributed by atoms with van der Waals surface area (Å²) in [6, 6.07) is 8.01. The van der Waals surface area contributed by atoms with E-state index in [1.54, 1.807) is 6.07 Å². The third kappa shape index (κ3) is 3.05. The van der Waals surface area contributed by atoms with Crippen LogP contribution in [-0.2, 0) is 6.42 Å². The van der Waals surface area contributed by atoms with Crippen molar-refractivity contribution < 1.29 is 9.52 Å². The van der Waals surface area contributed by atoms with Crippen LogP contribution in [0.25, 0.3) is 0 Å². The molecule has 0 saturated carbocycles. The van der Waals surface area contributed by atoms with Crippen molar-refractivity contribution in [3.8, 4) is 0 Å². The molecule has 1 N–H and O–H groups in total. The van der Waals surface area contributed by atoms with Crippen LogP contribution in [0.1, 0.15) is 28.6 Å². The summed E-state index contributed by atoms with van der Waals surface area (Å²) in [5, 5.41) is 10.1. The molecule has 2 aromatic rings. The molecular weight excluding hydrogens is 360 g/mol. The molecular formula is C14H14Br2O2. The van der Waals surface area contributed by atoms with Crippen molar-refractivity contribution in [3.05, 3.63) is 55.9 Å². The van der Waals surface area contributed by atoms with Gasteiger partial charge in [-0.25, -0.2) is 0 Å². The van der Waals surface area contributed by atoms with Crippen molar-refractivity contribution in [3.63, 3.8) is 0 Å². The number of benzene rings is 1. The zero-order chi connectivity index (χ0) is 13.3. The van der Waals surface area contributed by atoms with Gasteiger partial charge in [0.25, 0.3) is 0 Å². The summed E-state index contributed by atoms with van der Waals surface area (Å²) in [4.78, 5) is 0. The maximum Gasteiger partial charge on any atom is 0.183 e. The Labute approximate surface area is 123 Å². The van der Waals surface area contributed by atoms with E-state index in [0.29, 0.717) is 16.9 Å². The third-order valence-corrected chi connectivity index (χ3v) is 4.70. The number of aliphatic hydroxyl groups excluding tert-OH is 1. The predicted octanol–water partition coefficient (Wildman–Crippen LogP) is 4.70. The molecule has 18 heavy (non-hydrogen) atoms. The maximum absolute atomic E-state index is 10.1. The number of aryl methyl sites for hydroxylation is 2. The van der Waals surface area contributed by atoms with Crippen LogP contribution in [0, 0.1) is 13.8 Å². The van der Waals surface area contributed by atoms with Crippen LogP contribution in [0.4, 0.5) is 0 Å². The second-order valence-electron chi connectivity index (χ2n) is 4.41. The number of furan rings is 1. The van der Waals surface area contributed by atoms with Crippen LogP contribution < -0.4 is 0 Å². The largest absolute Gasteiger partial charge is 0.450 e. The van der Waals surface area contributed by atoms with Crippen molar-refractivity contribution in [2.75, 3.05) is 0 Å². The fourth-order valence-corrected chi connectivity index (χ4v) is 2.39. The summed E-state index contributed by atoms with van der Waals surface area (Å²) in [7, 11) is 0. The summed E-state index contributed by atoms with van der Waals surface area (Å²) in [6.07, 6.45) is -0.0808. The van der Waals surface area contributed by atoms with E-state index in [1.165, 1.54) is 11.1 Å². The van der Waals surface area contributed by atoms with Gasteiger partial charge in [0.15, 0.2) is 4.67 Å². The first kappa shape index (κ1) is 13.8. The molecule has 96 valence electrons. The molecule has 0 aliphatic rings. The van der Waals surface area contributed by atoms with Crippen LogP contribution in [0.5, 0.6) is 0 Å². The Balaban J connectivity index is 2.15.